The molecule has 0 bridgehead atoms. The first-order chi connectivity index (χ1) is 12.8. The average molecular weight is 363 g/mol. The van der Waals surface area contributed by atoms with Crippen molar-refractivity contribution >= 4 is 11.9 Å². The summed E-state index contributed by atoms with van der Waals surface area (Å²) in [6.45, 7) is 7.65. The Bertz CT molecular complexity index is 885. The van der Waals surface area contributed by atoms with Gasteiger partial charge in [-0.2, -0.15) is 0 Å². The van der Waals surface area contributed by atoms with Crippen LogP contribution >= 0.6 is 0 Å². The van der Waals surface area contributed by atoms with Gasteiger partial charge in [0.2, 0.25) is 0 Å². The smallest absolute Gasteiger partial charge is 0.339 e. The molecule has 4 heteroatoms. The molecule has 1 amide bonds. The van der Waals surface area contributed by atoms with Crippen molar-refractivity contribution in [3.8, 4) is 0 Å². The third-order valence-electron chi connectivity index (χ3n) is 5.78. The largest absolute Gasteiger partial charge is 0.450 e. The second-order valence-corrected chi connectivity index (χ2v) is 8.55. The van der Waals surface area contributed by atoms with Crippen LogP contribution in [0.25, 0.3) is 0 Å². The van der Waals surface area contributed by atoms with Crippen molar-refractivity contribution in [2.24, 2.45) is 0 Å². The molecule has 1 saturated heterocycles. The van der Waals surface area contributed by atoms with Crippen molar-refractivity contribution in [1.82, 2.24) is 4.90 Å². The molecule has 0 saturated carbocycles. The zero-order valence-electron chi connectivity index (χ0n) is 16.1. The number of likely N-dealkylation sites (tertiary alicyclic amines) is 1. The third-order valence-corrected chi connectivity index (χ3v) is 5.78. The Labute approximate surface area is 160 Å². The fourth-order valence-corrected chi connectivity index (χ4v) is 4.08. The van der Waals surface area contributed by atoms with Crippen molar-refractivity contribution in [3.63, 3.8) is 0 Å². The van der Waals surface area contributed by atoms with Crippen molar-refractivity contribution in [2.45, 2.75) is 44.6 Å². The van der Waals surface area contributed by atoms with Crippen molar-refractivity contribution in [1.29, 1.82) is 0 Å². The average Bonchev–Trinajstić information content (AvgIpc) is 2.93. The van der Waals surface area contributed by atoms with Crippen molar-refractivity contribution in [3.05, 3.63) is 70.8 Å². The lowest BCUT2D eigenvalue weighted by molar-refractivity contribution is -0.0389. The Morgan fingerprint density at radius 3 is 2.26 bits per heavy atom. The first kappa shape index (κ1) is 17.8. The van der Waals surface area contributed by atoms with Crippen LogP contribution in [0.3, 0.4) is 0 Å². The predicted octanol–water partition coefficient (Wildman–Crippen LogP) is 4.29. The van der Waals surface area contributed by atoms with E-state index in [2.05, 4.69) is 20.8 Å². The number of benzene rings is 2. The Morgan fingerprint density at radius 1 is 1.00 bits per heavy atom. The Kier molecular flexibility index (Phi) is 4.10. The fourth-order valence-electron chi connectivity index (χ4n) is 4.08. The molecule has 2 aliphatic heterocycles. The van der Waals surface area contributed by atoms with E-state index < -0.39 is 5.60 Å². The van der Waals surface area contributed by atoms with E-state index in [1.165, 1.54) is 5.56 Å². The number of esters is 1. The molecule has 0 aliphatic carbocycles. The lowest BCUT2D eigenvalue weighted by atomic mass is 9.83. The molecule has 0 radical (unpaired) electrons. The van der Waals surface area contributed by atoms with Gasteiger partial charge < -0.3 is 9.64 Å². The van der Waals surface area contributed by atoms with Crippen LogP contribution in [0.1, 0.15) is 65.5 Å². The maximum atomic E-state index is 12.9. The van der Waals surface area contributed by atoms with Crippen LogP contribution in [0.4, 0.5) is 0 Å². The molecule has 1 spiro atoms. The van der Waals surface area contributed by atoms with Gasteiger partial charge in [0.15, 0.2) is 0 Å². The number of carbonyl (C=O) groups is 2. The van der Waals surface area contributed by atoms with Crippen LogP contribution in [0.2, 0.25) is 0 Å². The highest BCUT2D eigenvalue weighted by atomic mass is 16.6. The van der Waals surface area contributed by atoms with Crippen LogP contribution in [-0.4, -0.2) is 29.9 Å². The van der Waals surface area contributed by atoms with Gasteiger partial charge in [0.05, 0.1) is 5.56 Å². The number of piperidine rings is 1. The summed E-state index contributed by atoms with van der Waals surface area (Å²) in [5.74, 6) is -0.203. The van der Waals surface area contributed by atoms with E-state index in [1.54, 1.807) is 0 Å². The molecule has 1 fully saturated rings. The van der Waals surface area contributed by atoms with Crippen molar-refractivity contribution < 1.29 is 14.3 Å². The molecule has 2 aromatic rings. The van der Waals surface area contributed by atoms with Gasteiger partial charge in [0.25, 0.3) is 5.91 Å². The Morgan fingerprint density at radius 2 is 1.63 bits per heavy atom. The summed E-state index contributed by atoms with van der Waals surface area (Å²) in [6.07, 6.45) is 1.28. The summed E-state index contributed by atoms with van der Waals surface area (Å²) in [6, 6.07) is 15.5. The van der Waals surface area contributed by atoms with E-state index in [9.17, 15) is 9.59 Å². The molecule has 27 heavy (non-hydrogen) atoms. The molecule has 0 unspecified atom stereocenters. The summed E-state index contributed by atoms with van der Waals surface area (Å²) < 4.78 is 5.77. The second kappa shape index (κ2) is 6.22. The minimum Gasteiger partial charge on any atom is -0.450 e. The summed E-state index contributed by atoms with van der Waals surface area (Å²) in [7, 11) is 0. The number of rotatable bonds is 1. The third kappa shape index (κ3) is 3.03. The molecule has 140 valence electrons. The van der Waals surface area contributed by atoms with Crippen LogP contribution in [0.5, 0.6) is 0 Å². The van der Waals surface area contributed by atoms with Gasteiger partial charge in [0.1, 0.15) is 5.60 Å². The molecule has 0 N–H and O–H groups in total. The van der Waals surface area contributed by atoms with E-state index in [-0.39, 0.29) is 17.3 Å². The number of fused-ring (bicyclic) bond motifs is 2. The van der Waals surface area contributed by atoms with E-state index in [1.807, 2.05) is 53.4 Å². The topological polar surface area (TPSA) is 46.6 Å². The molecule has 4 rings (SSSR count). The first-order valence-electron chi connectivity index (χ1n) is 9.53. The monoisotopic (exact) mass is 363 g/mol. The second-order valence-electron chi connectivity index (χ2n) is 8.55. The van der Waals surface area contributed by atoms with Gasteiger partial charge in [-0.3, -0.25) is 4.79 Å². The number of amides is 1. The van der Waals surface area contributed by atoms with Gasteiger partial charge in [-0.15, -0.1) is 0 Å². The minimum atomic E-state index is -0.569. The normalized spacial score (nSPS) is 18.3. The number of ether oxygens (including phenoxy) is 1. The zero-order valence-corrected chi connectivity index (χ0v) is 16.1. The SMILES string of the molecule is CC(C)(C)c1ccc(C(=O)N2CCC3(CC2)OC(=O)c2ccccc23)cc1. The van der Waals surface area contributed by atoms with Crippen LogP contribution in [0.15, 0.2) is 48.5 Å². The number of hydrogen-bond donors (Lipinski definition) is 0. The highest BCUT2D eigenvalue weighted by Gasteiger charge is 2.47. The molecule has 2 aromatic carbocycles. The quantitative estimate of drug-likeness (QED) is 0.710. The fraction of sp³-hybridized carbons (Fsp3) is 0.391. The van der Waals surface area contributed by atoms with Gasteiger partial charge >= 0.3 is 5.97 Å². The summed E-state index contributed by atoms with van der Waals surface area (Å²) in [4.78, 5) is 26.9. The summed E-state index contributed by atoms with van der Waals surface area (Å²) >= 11 is 0. The van der Waals surface area contributed by atoms with Crippen LogP contribution < -0.4 is 0 Å². The highest BCUT2D eigenvalue weighted by molar-refractivity contribution is 5.95. The van der Waals surface area contributed by atoms with E-state index >= 15 is 0 Å². The van der Waals surface area contributed by atoms with Crippen molar-refractivity contribution in [2.75, 3.05) is 13.1 Å². The standard InChI is InChI=1S/C23H25NO3/c1-22(2,3)17-10-8-16(9-11-17)20(25)24-14-12-23(13-15-24)19-7-5-4-6-18(19)21(26)27-23/h4-11H,12-15H2,1-3H3. The molecule has 2 heterocycles. The van der Waals surface area contributed by atoms with Gasteiger partial charge in [-0.25, -0.2) is 4.79 Å². The maximum absolute atomic E-state index is 12.9. The van der Waals surface area contributed by atoms with Crippen LogP contribution in [-0.2, 0) is 15.8 Å². The molecule has 2 aliphatic rings. The molecule has 0 atom stereocenters. The highest BCUT2D eigenvalue weighted by Crippen LogP contribution is 2.44. The Balaban J connectivity index is 1.49. The Hall–Kier alpha value is -2.62. The minimum absolute atomic E-state index is 0.0444. The lowest BCUT2D eigenvalue weighted by Gasteiger charge is -2.38. The molecular weight excluding hydrogens is 338 g/mol. The number of carbonyl (C=O) groups excluding carboxylic acids is 2. The molecular formula is C23H25NO3. The lowest BCUT2D eigenvalue weighted by Crippen LogP contribution is -2.45. The summed E-state index contributed by atoms with van der Waals surface area (Å²) in [5, 5.41) is 0. The van der Waals surface area contributed by atoms with E-state index in [4.69, 9.17) is 4.74 Å². The van der Waals surface area contributed by atoms with E-state index in [0.29, 0.717) is 37.1 Å². The summed E-state index contributed by atoms with van der Waals surface area (Å²) in [5.41, 5.74) is 3.06. The number of hydrogen-bond acceptors (Lipinski definition) is 3. The van der Waals surface area contributed by atoms with Crippen LogP contribution in [0, 0.1) is 0 Å². The number of nitrogens with zero attached hydrogens (tertiary/aromatic N) is 1. The first-order valence-corrected chi connectivity index (χ1v) is 9.53. The molecule has 0 aromatic heterocycles. The van der Waals surface area contributed by atoms with Gasteiger partial charge in [0, 0.05) is 37.1 Å². The van der Waals surface area contributed by atoms with E-state index in [0.717, 1.165) is 5.56 Å². The maximum Gasteiger partial charge on any atom is 0.339 e. The van der Waals surface area contributed by atoms with Gasteiger partial charge in [-0.1, -0.05) is 51.1 Å². The van der Waals surface area contributed by atoms with Gasteiger partial charge in [-0.05, 0) is 29.2 Å². The predicted molar refractivity (Wildman–Crippen MR) is 104 cm³/mol. The molecule has 4 nitrogen and oxygen atoms in total. The zero-order chi connectivity index (χ0) is 19.2.